The van der Waals surface area contributed by atoms with Crippen molar-refractivity contribution in [1.82, 2.24) is 20.9 Å². The third-order valence-corrected chi connectivity index (χ3v) is 3.90. The molecule has 0 aliphatic rings. The highest BCUT2D eigenvalue weighted by Gasteiger charge is 2.20. The summed E-state index contributed by atoms with van der Waals surface area (Å²) >= 11 is 0. The van der Waals surface area contributed by atoms with Crippen LogP contribution in [0.2, 0.25) is 0 Å². The summed E-state index contributed by atoms with van der Waals surface area (Å²) in [5.41, 5.74) is -0.350. The molecule has 25 heavy (non-hydrogen) atoms. The van der Waals surface area contributed by atoms with Crippen LogP contribution >= 0.6 is 0 Å². The van der Waals surface area contributed by atoms with Crippen molar-refractivity contribution >= 4 is 11.9 Å². The molecule has 0 aromatic heterocycles. The molecule has 0 radical (unpaired) electrons. The molecule has 0 aliphatic heterocycles. The standard InChI is InChI=1S/C19H41N5O/c1-9-20-18(23-13-12-21-17(25)19(6,7)8)22-11-10-14-24(15(2)3)16(4)5/h15-16H,9-14H2,1-8H3,(H,21,25)(H2,20,22,23). The van der Waals surface area contributed by atoms with Crippen LogP contribution in [0.3, 0.4) is 0 Å². The van der Waals surface area contributed by atoms with E-state index in [9.17, 15) is 4.79 Å². The quantitative estimate of drug-likeness (QED) is 0.319. The zero-order chi connectivity index (χ0) is 19.5. The van der Waals surface area contributed by atoms with Crippen LogP contribution in [0.4, 0.5) is 0 Å². The Kier molecular flexibility index (Phi) is 11.5. The van der Waals surface area contributed by atoms with Gasteiger partial charge >= 0.3 is 0 Å². The molecule has 148 valence electrons. The van der Waals surface area contributed by atoms with Crippen molar-refractivity contribution in [3.8, 4) is 0 Å². The van der Waals surface area contributed by atoms with Crippen molar-refractivity contribution in [3.63, 3.8) is 0 Å². The SMILES string of the molecule is CCNC(=NCCCN(C(C)C)C(C)C)NCCNC(=O)C(C)(C)C. The Labute approximate surface area is 155 Å². The zero-order valence-corrected chi connectivity index (χ0v) is 17.7. The lowest BCUT2D eigenvalue weighted by Gasteiger charge is -2.30. The molecule has 0 aromatic rings. The number of guanidine groups is 1. The predicted octanol–water partition coefficient (Wildman–Crippen LogP) is 2.21. The molecule has 0 aromatic carbocycles. The third-order valence-electron chi connectivity index (χ3n) is 3.90. The smallest absolute Gasteiger partial charge is 0.225 e. The molecule has 6 heteroatoms. The minimum Gasteiger partial charge on any atom is -0.357 e. The van der Waals surface area contributed by atoms with Gasteiger partial charge in [-0.25, -0.2) is 0 Å². The summed E-state index contributed by atoms with van der Waals surface area (Å²) in [6.45, 7) is 20.7. The molecule has 0 fully saturated rings. The maximum absolute atomic E-state index is 11.8. The van der Waals surface area contributed by atoms with Gasteiger partial charge in [-0.05, 0) is 41.0 Å². The van der Waals surface area contributed by atoms with Gasteiger partial charge in [0, 0.05) is 50.2 Å². The summed E-state index contributed by atoms with van der Waals surface area (Å²) in [4.78, 5) is 18.9. The Morgan fingerprint density at radius 1 is 1.00 bits per heavy atom. The second kappa shape index (κ2) is 12.1. The lowest BCUT2D eigenvalue weighted by atomic mass is 9.96. The third kappa shape index (κ3) is 11.0. The van der Waals surface area contributed by atoms with Crippen molar-refractivity contribution in [2.24, 2.45) is 10.4 Å². The molecule has 0 saturated heterocycles. The summed E-state index contributed by atoms with van der Waals surface area (Å²) in [6, 6.07) is 1.11. The van der Waals surface area contributed by atoms with Gasteiger partial charge in [0.15, 0.2) is 5.96 Å². The number of carbonyl (C=O) groups is 1. The average molecular weight is 356 g/mol. The summed E-state index contributed by atoms with van der Waals surface area (Å²) in [5.74, 6) is 0.881. The molecule has 1 amide bonds. The number of nitrogens with zero attached hydrogens (tertiary/aromatic N) is 2. The second-order valence-corrected chi connectivity index (χ2v) is 7.97. The molecule has 0 aliphatic carbocycles. The van der Waals surface area contributed by atoms with E-state index in [1.807, 2.05) is 20.8 Å². The van der Waals surface area contributed by atoms with E-state index in [-0.39, 0.29) is 11.3 Å². The Bertz CT molecular complexity index is 391. The van der Waals surface area contributed by atoms with Crippen molar-refractivity contribution in [1.29, 1.82) is 0 Å². The fourth-order valence-corrected chi connectivity index (χ4v) is 2.52. The van der Waals surface area contributed by atoms with Gasteiger partial charge in [0.2, 0.25) is 5.91 Å². The summed E-state index contributed by atoms with van der Waals surface area (Å²) < 4.78 is 0. The largest absolute Gasteiger partial charge is 0.357 e. The maximum Gasteiger partial charge on any atom is 0.225 e. The normalized spacial score (nSPS) is 12.8. The van der Waals surface area contributed by atoms with E-state index in [0.29, 0.717) is 25.2 Å². The van der Waals surface area contributed by atoms with Crippen molar-refractivity contribution in [2.45, 2.75) is 73.9 Å². The van der Waals surface area contributed by atoms with Crippen molar-refractivity contribution in [2.75, 3.05) is 32.7 Å². The van der Waals surface area contributed by atoms with Gasteiger partial charge in [0.1, 0.15) is 0 Å². The van der Waals surface area contributed by atoms with Crippen LogP contribution in [0.1, 0.15) is 61.8 Å². The molecule has 0 heterocycles. The Hall–Kier alpha value is -1.30. The molecule has 0 atom stereocenters. The lowest BCUT2D eigenvalue weighted by Crippen LogP contribution is -2.43. The first kappa shape index (κ1) is 23.7. The van der Waals surface area contributed by atoms with Gasteiger partial charge in [0.05, 0.1) is 0 Å². The molecule has 0 unspecified atom stereocenters. The Morgan fingerprint density at radius 2 is 1.56 bits per heavy atom. The van der Waals surface area contributed by atoms with Crippen LogP contribution in [-0.4, -0.2) is 61.6 Å². The van der Waals surface area contributed by atoms with E-state index in [1.54, 1.807) is 0 Å². The summed E-state index contributed by atoms with van der Waals surface area (Å²) in [7, 11) is 0. The van der Waals surface area contributed by atoms with Gasteiger partial charge in [-0.1, -0.05) is 20.8 Å². The molecule has 0 spiro atoms. The molecule has 3 N–H and O–H groups in total. The predicted molar refractivity (Wildman–Crippen MR) is 108 cm³/mol. The van der Waals surface area contributed by atoms with E-state index in [0.717, 1.165) is 32.0 Å². The van der Waals surface area contributed by atoms with E-state index in [4.69, 9.17) is 0 Å². The van der Waals surface area contributed by atoms with Crippen LogP contribution in [0, 0.1) is 5.41 Å². The van der Waals surface area contributed by atoms with Crippen LogP contribution in [0.5, 0.6) is 0 Å². The minimum atomic E-state index is -0.350. The molecule has 0 bridgehead atoms. The van der Waals surface area contributed by atoms with Crippen molar-refractivity contribution in [3.05, 3.63) is 0 Å². The first-order valence-electron chi connectivity index (χ1n) is 9.65. The molecule has 0 saturated carbocycles. The van der Waals surface area contributed by atoms with Gasteiger partial charge in [-0.15, -0.1) is 0 Å². The summed E-state index contributed by atoms with van der Waals surface area (Å²) in [5, 5.41) is 9.46. The molecular weight excluding hydrogens is 314 g/mol. The van der Waals surface area contributed by atoms with Gasteiger partial charge in [0.25, 0.3) is 0 Å². The Morgan fingerprint density at radius 3 is 2.04 bits per heavy atom. The fourth-order valence-electron chi connectivity index (χ4n) is 2.52. The number of amides is 1. The van der Waals surface area contributed by atoms with Crippen LogP contribution in [0.25, 0.3) is 0 Å². The molecular formula is C19H41N5O. The van der Waals surface area contributed by atoms with Gasteiger partial charge in [-0.3, -0.25) is 14.7 Å². The van der Waals surface area contributed by atoms with Crippen LogP contribution < -0.4 is 16.0 Å². The number of rotatable bonds is 10. The highest BCUT2D eigenvalue weighted by Crippen LogP contribution is 2.11. The van der Waals surface area contributed by atoms with Crippen LogP contribution in [-0.2, 0) is 4.79 Å². The van der Waals surface area contributed by atoms with Gasteiger partial charge < -0.3 is 16.0 Å². The highest BCUT2D eigenvalue weighted by atomic mass is 16.2. The average Bonchev–Trinajstić information content (AvgIpc) is 2.48. The zero-order valence-electron chi connectivity index (χ0n) is 17.7. The number of aliphatic imine (C=N–C) groups is 1. The first-order valence-corrected chi connectivity index (χ1v) is 9.65. The van der Waals surface area contributed by atoms with Gasteiger partial charge in [-0.2, -0.15) is 0 Å². The van der Waals surface area contributed by atoms with E-state index >= 15 is 0 Å². The minimum absolute atomic E-state index is 0.0682. The molecule has 6 nitrogen and oxygen atoms in total. The second-order valence-electron chi connectivity index (χ2n) is 7.97. The number of hydrogen-bond acceptors (Lipinski definition) is 3. The van der Waals surface area contributed by atoms with Crippen LogP contribution in [0.15, 0.2) is 4.99 Å². The van der Waals surface area contributed by atoms with E-state index in [1.165, 1.54) is 0 Å². The van der Waals surface area contributed by atoms with Crippen molar-refractivity contribution < 1.29 is 4.79 Å². The lowest BCUT2D eigenvalue weighted by molar-refractivity contribution is -0.128. The highest BCUT2D eigenvalue weighted by molar-refractivity contribution is 5.81. The molecule has 0 rings (SSSR count). The number of nitrogens with one attached hydrogen (secondary N) is 3. The Balaban J connectivity index is 4.23. The van der Waals surface area contributed by atoms with E-state index in [2.05, 4.69) is 60.5 Å². The summed E-state index contributed by atoms with van der Waals surface area (Å²) in [6.07, 6.45) is 1.04. The number of hydrogen-bond donors (Lipinski definition) is 3. The van der Waals surface area contributed by atoms with E-state index < -0.39 is 0 Å². The monoisotopic (exact) mass is 355 g/mol. The number of carbonyl (C=O) groups excluding carboxylic acids is 1. The fraction of sp³-hybridized carbons (Fsp3) is 0.895. The maximum atomic E-state index is 11.8. The first-order chi connectivity index (χ1) is 11.6. The topological polar surface area (TPSA) is 68.8 Å².